The molecule has 0 spiro atoms. The van der Waals surface area contributed by atoms with Crippen LogP contribution in [0.1, 0.15) is 28.7 Å². The summed E-state index contributed by atoms with van der Waals surface area (Å²) in [5.74, 6) is 0.965. The lowest BCUT2D eigenvalue weighted by atomic mass is 10.0. The predicted molar refractivity (Wildman–Crippen MR) is 113 cm³/mol. The summed E-state index contributed by atoms with van der Waals surface area (Å²) in [5, 5.41) is 0. The van der Waals surface area contributed by atoms with Gasteiger partial charge in [0.25, 0.3) is 0 Å². The molecule has 0 radical (unpaired) electrons. The monoisotopic (exact) mass is 383 g/mol. The lowest BCUT2D eigenvalue weighted by molar-refractivity contribution is 0.0359. The second-order valence-electron chi connectivity index (χ2n) is 7.63. The average Bonchev–Trinajstić information content (AvgIpc) is 2.72. The number of nitrogens with zero attached hydrogens (tertiary/aromatic N) is 3. The van der Waals surface area contributed by atoms with Crippen molar-refractivity contribution in [3.8, 4) is 5.75 Å². The van der Waals surface area contributed by atoms with Crippen molar-refractivity contribution in [3.05, 3.63) is 58.9 Å². The highest BCUT2D eigenvalue weighted by atomic mass is 16.5. The van der Waals surface area contributed by atoms with E-state index >= 15 is 0 Å². The fourth-order valence-corrected chi connectivity index (χ4v) is 3.79. The van der Waals surface area contributed by atoms with Crippen LogP contribution in [0.15, 0.2) is 36.7 Å². The number of hydrogen-bond donors (Lipinski definition) is 0. The Morgan fingerprint density at radius 3 is 2.68 bits per heavy atom. The van der Waals surface area contributed by atoms with E-state index in [0.717, 1.165) is 64.7 Å². The Morgan fingerprint density at radius 1 is 1.14 bits per heavy atom. The van der Waals surface area contributed by atoms with E-state index in [0.29, 0.717) is 0 Å². The van der Waals surface area contributed by atoms with E-state index < -0.39 is 0 Å². The van der Waals surface area contributed by atoms with Crippen LogP contribution in [-0.4, -0.2) is 61.3 Å². The van der Waals surface area contributed by atoms with Crippen molar-refractivity contribution in [2.75, 3.05) is 46.5 Å². The Labute approximate surface area is 169 Å². The smallest absolute Gasteiger partial charge is 0.122 e. The van der Waals surface area contributed by atoms with Gasteiger partial charge in [0.2, 0.25) is 0 Å². The van der Waals surface area contributed by atoms with E-state index in [9.17, 15) is 0 Å². The van der Waals surface area contributed by atoms with Gasteiger partial charge in [-0.05, 0) is 61.2 Å². The minimum Gasteiger partial charge on any atom is -0.496 e. The normalized spacial score (nSPS) is 15.1. The Morgan fingerprint density at radius 2 is 1.96 bits per heavy atom. The SMILES string of the molecule is COc1cc(C)c(CN(CCCN2CCOCC2)Cc2cccnc2)cc1C. The molecular formula is C23H33N3O2. The minimum absolute atomic E-state index is 0.865. The summed E-state index contributed by atoms with van der Waals surface area (Å²) in [6.07, 6.45) is 4.97. The van der Waals surface area contributed by atoms with Gasteiger partial charge < -0.3 is 9.47 Å². The summed E-state index contributed by atoms with van der Waals surface area (Å²) >= 11 is 0. The molecule has 2 aromatic rings. The molecule has 28 heavy (non-hydrogen) atoms. The zero-order valence-corrected chi connectivity index (χ0v) is 17.5. The molecule has 0 amide bonds. The third-order valence-electron chi connectivity index (χ3n) is 5.43. The van der Waals surface area contributed by atoms with E-state index in [1.807, 2.05) is 18.5 Å². The lowest BCUT2D eigenvalue weighted by Crippen LogP contribution is -2.38. The highest BCUT2D eigenvalue weighted by molar-refractivity contribution is 5.41. The van der Waals surface area contributed by atoms with Crippen LogP contribution in [0.2, 0.25) is 0 Å². The molecule has 1 saturated heterocycles. The van der Waals surface area contributed by atoms with E-state index in [1.54, 1.807) is 7.11 Å². The molecule has 152 valence electrons. The van der Waals surface area contributed by atoms with Gasteiger partial charge >= 0.3 is 0 Å². The van der Waals surface area contributed by atoms with Crippen LogP contribution >= 0.6 is 0 Å². The van der Waals surface area contributed by atoms with E-state index in [2.05, 4.69) is 46.8 Å². The first-order valence-electron chi connectivity index (χ1n) is 10.2. The molecule has 0 aliphatic carbocycles. The van der Waals surface area contributed by atoms with Crippen LogP contribution in [0.4, 0.5) is 0 Å². The van der Waals surface area contributed by atoms with Crippen molar-refractivity contribution in [2.24, 2.45) is 0 Å². The van der Waals surface area contributed by atoms with Crippen molar-refractivity contribution in [1.82, 2.24) is 14.8 Å². The van der Waals surface area contributed by atoms with Crippen molar-refractivity contribution in [1.29, 1.82) is 0 Å². The predicted octanol–water partition coefficient (Wildman–Crippen LogP) is 3.43. The van der Waals surface area contributed by atoms with Gasteiger partial charge in [-0.25, -0.2) is 0 Å². The molecule has 0 atom stereocenters. The molecule has 1 fully saturated rings. The molecule has 0 saturated carbocycles. The van der Waals surface area contributed by atoms with Crippen LogP contribution in [0.5, 0.6) is 5.75 Å². The Bertz CT molecular complexity index is 730. The van der Waals surface area contributed by atoms with Crippen molar-refractivity contribution < 1.29 is 9.47 Å². The molecule has 0 unspecified atom stereocenters. The van der Waals surface area contributed by atoms with Gasteiger partial charge in [-0.3, -0.25) is 14.8 Å². The van der Waals surface area contributed by atoms with E-state index in [-0.39, 0.29) is 0 Å². The fraction of sp³-hybridized carbons (Fsp3) is 0.522. The van der Waals surface area contributed by atoms with E-state index in [1.165, 1.54) is 22.3 Å². The highest BCUT2D eigenvalue weighted by Crippen LogP contribution is 2.24. The molecular weight excluding hydrogens is 350 g/mol. The van der Waals surface area contributed by atoms with Crippen molar-refractivity contribution in [3.63, 3.8) is 0 Å². The number of benzene rings is 1. The summed E-state index contributed by atoms with van der Waals surface area (Å²) in [6.45, 7) is 12.2. The minimum atomic E-state index is 0.865. The second-order valence-corrected chi connectivity index (χ2v) is 7.63. The Kier molecular flexibility index (Phi) is 7.83. The van der Waals surface area contributed by atoms with Crippen LogP contribution in [0.25, 0.3) is 0 Å². The van der Waals surface area contributed by atoms with Crippen LogP contribution < -0.4 is 4.74 Å². The highest BCUT2D eigenvalue weighted by Gasteiger charge is 2.14. The second kappa shape index (κ2) is 10.6. The Balaban J connectivity index is 1.66. The summed E-state index contributed by atoms with van der Waals surface area (Å²) in [6, 6.07) is 8.60. The molecule has 5 nitrogen and oxygen atoms in total. The van der Waals surface area contributed by atoms with Gasteiger partial charge in [-0.1, -0.05) is 12.1 Å². The van der Waals surface area contributed by atoms with Gasteiger partial charge in [0.05, 0.1) is 20.3 Å². The van der Waals surface area contributed by atoms with E-state index in [4.69, 9.17) is 9.47 Å². The number of morpholine rings is 1. The zero-order valence-electron chi connectivity index (χ0n) is 17.5. The number of aryl methyl sites for hydroxylation is 2. The number of rotatable bonds is 9. The number of hydrogen-bond acceptors (Lipinski definition) is 5. The standard InChI is InChI=1S/C23H33N3O2/c1-19-15-23(27-3)20(2)14-22(19)18-26(17-21-6-4-7-24-16-21)9-5-8-25-10-12-28-13-11-25/h4,6-7,14-16H,5,8-13,17-18H2,1-3H3. The van der Waals surface area contributed by atoms with Crippen LogP contribution in [0, 0.1) is 13.8 Å². The zero-order chi connectivity index (χ0) is 19.8. The molecule has 5 heteroatoms. The lowest BCUT2D eigenvalue weighted by Gasteiger charge is -2.28. The first kappa shape index (κ1) is 20.8. The third kappa shape index (κ3) is 6.03. The average molecular weight is 384 g/mol. The summed E-state index contributed by atoms with van der Waals surface area (Å²) in [7, 11) is 1.74. The maximum atomic E-state index is 5.48. The molecule has 0 bridgehead atoms. The topological polar surface area (TPSA) is 37.8 Å². The number of aromatic nitrogens is 1. The first-order valence-corrected chi connectivity index (χ1v) is 10.2. The summed E-state index contributed by atoms with van der Waals surface area (Å²) in [4.78, 5) is 9.33. The molecule has 0 N–H and O–H groups in total. The van der Waals surface area contributed by atoms with Gasteiger partial charge in [0, 0.05) is 45.1 Å². The molecule has 1 aliphatic rings. The number of pyridine rings is 1. The largest absolute Gasteiger partial charge is 0.496 e. The van der Waals surface area contributed by atoms with Gasteiger partial charge in [0.15, 0.2) is 0 Å². The quantitative estimate of drug-likeness (QED) is 0.663. The van der Waals surface area contributed by atoms with Gasteiger partial charge in [-0.15, -0.1) is 0 Å². The maximum Gasteiger partial charge on any atom is 0.122 e. The number of ether oxygens (including phenoxy) is 2. The molecule has 3 rings (SSSR count). The van der Waals surface area contributed by atoms with Crippen molar-refractivity contribution >= 4 is 0 Å². The molecule has 1 aromatic heterocycles. The van der Waals surface area contributed by atoms with Crippen LogP contribution in [-0.2, 0) is 17.8 Å². The first-order chi connectivity index (χ1) is 13.7. The number of methoxy groups -OCH3 is 1. The fourth-order valence-electron chi connectivity index (χ4n) is 3.79. The van der Waals surface area contributed by atoms with Crippen LogP contribution in [0.3, 0.4) is 0 Å². The van der Waals surface area contributed by atoms with Gasteiger partial charge in [0.1, 0.15) is 5.75 Å². The van der Waals surface area contributed by atoms with Gasteiger partial charge in [-0.2, -0.15) is 0 Å². The van der Waals surface area contributed by atoms with Crippen molar-refractivity contribution in [2.45, 2.75) is 33.4 Å². The maximum absolute atomic E-state index is 5.48. The molecule has 2 heterocycles. The summed E-state index contributed by atoms with van der Waals surface area (Å²) < 4.78 is 10.9. The molecule has 1 aliphatic heterocycles. The summed E-state index contributed by atoms with van der Waals surface area (Å²) in [5.41, 5.74) is 5.11. The third-order valence-corrected chi connectivity index (χ3v) is 5.43. The molecule has 1 aromatic carbocycles. The Hall–Kier alpha value is -1.95.